The fourth-order valence-corrected chi connectivity index (χ4v) is 22.8. The lowest BCUT2D eigenvalue weighted by molar-refractivity contribution is -0.142. The van der Waals surface area contributed by atoms with Crippen LogP contribution in [0.15, 0.2) is 191 Å². The zero-order chi connectivity index (χ0) is 99.6. The molecule has 2 amide bonds. The number of likely N-dealkylation sites (N-methyl/N-ethyl adjacent to an activating group) is 2. The van der Waals surface area contributed by atoms with Crippen molar-refractivity contribution in [3.05, 3.63) is 234 Å². The van der Waals surface area contributed by atoms with E-state index >= 15 is 0 Å². The Morgan fingerprint density at radius 1 is 0.493 bits per heavy atom. The van der Waals surface area contributed by atoms with E-state index in [9.17, 15) is 53.4 Å². The molecule has 0 radical (unpaired) electrons. The first kappa shape index (κ1) is 106. The summed E-state index contributed by atoms with van der Waals surface area (Å²) in [6.07, 6.45) is 5.65. The van der Waals surface area contributed by atoms with E-state index in [1.807, 2.05) is 143 Å². The smallest absolute Gasteiger partial charge is 0.484 e. The van der Waals surface area contributed by atoms with Gasteiger partial charge in [0.15, 0.2) is 18.1 Å². The first-order valence-corrected chi connectivity index (χ1v) is 52.0. The molecule has 0 spiro atoms. The standard InChI is InChI=1S/C30H29ClN4O5S2.C30H29N3O6S2.C24H34N4O4S.C16H17N3O3S2/c1-17(35(2)3)26(19-7-5-4-6-8-19)40-24-12-9-18(13-21(24)31)15-39-30(38)32-20-10-11-22-25(14-20)42-28(33-22)27-34-23(16-41-27)29(36)37;1-18(33(2)3)26(20-7-5-4-6-8-20)38-21-11-9-19(10-12-21)16-37-30(36)39-22-13-14-23-25(15-22)41-28(31-23)27-32-24(17-40-27)29(34)35;25-10-2-1-5-19(26)22(30)27-11-3-4-18(29)12-15-6-9-20-21(13-15)33-23(28-20)16-7-8-17(14-16)24(31)32;17-5-1-2-10(20)6-9-3-4-11-13(7-9)24-15(18-11)14-19-12(8-23-14)16(21)22/h4-14,17,23,26H,15-16H2,1-3H3,(H,32,38)(H,36,37);4-15,18,24,26H,16-17H2,1-3H3,(H,34,35);6,9,13,16-17,19H,1-5,7-8,10-12,14,25-26H2,(H,27,30)(H,31,32);3-4,7,12H,1-2,5-6,8,17H2,(H,21,22)/t17?,23-,26?;18?,24-,26?;16?,17-,19?;12-/m1101/s1. The number of halogens is 1. The van der Waals surface area contributed by atoms with Crippen LogP contribution in [-0.4, -0.2) is 220 Å². The summed E-state index contributed by atoms with van der Waals surface area (Å²) in [4.78, 5) is 141. The molecule has 4 aromatic heterocycles. The number of carboxylic acid groups (broad SMARTS) is 4. The maximum absolute atomic E-state index is 12.5. The van der Waals surface area contributed by atoms with E-state index in [4.69, 9.17) is 67.7 Å². The van der Waals surface area contributed by atoms with Gasteiger partial charge in [-0.05, 0) is 212 Å². The van der Waals surface area contributed by atoms with Crippen LogP contribution in [0.25, 0.3) is 40.9 Å². The fraction of sp³-hybridized carbons (Fsp3) is 0.360. The van der Waals surface area contributed by atoms with Crippen LogP contribution in [0.5, 0.6) is 17.2 Å². The van der Waals surface area contributed by atoms with Crippen molar-refractivity contribution in [2.24, 2.45) is 38.1 Å². The van der Waals surface area contributed by atoms with Crippen LogP contribution in [0.3, 0.4) is 0 Å². The van der Waals surface area contributed by atoms with Gasteiger partial charge in [0, 0.05) is 79.2 Å². The SMILES string of the molecule is CC(C(Oc1ccc(COC(=O)Nc2ccc3nc(C4=N[C@@H](C(=O)O)CS4)sc3c2)cc1Cl)c1ccccc1)N(C)C.CC(C(Oc1ccc(COC(=O)Oc2ccc3nc(C4=N[C@@H](C(=O)O)CS4)sc3c2)cc1)c1ccccc1)N(C)C.NCCCC(=O)Cc1ccc2nc(C3=N[C@@H](C(=O)O)CS3)sc2c1.NCCCCC(N)C(=O)NCCCC(=O)Cc1ccc2nc(C3CC[C@H](C(=O)O)C3)sc2c1. The molecule has 6 unspecified atom stereocenters. The largest absolute Gasteiger partial charge is 0.514 e. The number of aliphatic carboxylic acids is 4. The van der Waals surface area contributed by atoms with Gasteiger partial charge in [0.1, 0.15) is 84.4 Å². The molecule has 12 N–H and O–H groups in total. The molecule has 1 aliphatic carbocycles. The molecule has 10 atom stereocenters. The highest BCUT2D eigenvalue weighted by Crippen LogP contribution is 2.43. The number of nitrogens with two attached hydrogens (primary N) is 3. The van der Waals surface area contributed by atoms with Gasteiger partial charge in [-0.3, -0.25) is 39.5 Å². The summed E-state index contributed by atoms with van der Waals surface area (Å²) in [7, 11) is 8.07. The second-order valence-corrected chi connectivity index (χ2v) is 41.6. The number of aliphatic imine (C=N–C) groups is 3. The number of amides is 2. The van der Waals surface area contributed by atoms with Crippen molar-refractivity contribution in [1.29, 1.82) is 0 Å². The Morgan fingerprint density at radius 3 is 1.47 bits per heavy atom. The normalized spacial score (nSPS) is 17.1. The van der Waals surface area contributed by atoms with Gasteiger partial charge in [-0.1, -0.05) is 109 Å². The van der Waals surface area contributed by atoms with Crippen molar-refractivity contribution in [2.75, 3.05) is 70.4 Å². The van der Waals surface area contributed by atoms with E-state index in [0.717, 1.165) is 104 Å². The number of thioether (sulfide) groups is 3. The molecular formula is C100H109ClN14O18S7. The minimum atomic E-state index is -0.946. The molecule has 0 bridgehead atoms. The lowest BCUT2D eigenvalue weighted by Gasteiger charge is -2.30. The first-order valence-electron chi connectivity index (χ1n) is 45.4. The number of carbonyl (C=O) groups is 9. The van der Waals surface area contributed by atoms with E-state index in [2.05, 4.69) is 76.3 Å². The number of unbranched alkanes of at least 4 members (excludes halogenated alkanes) is 1. The Morgan fingerprint density at radius 2 is 0.964 bits per heavy atom. The molecule has 3 aliphatic heterocycles. The van der Waals surface area contributed by atoms with Crippen molar-refractivity contribution >= 4 is 208 Å². The zero-order valence-electron chi connectivity index (χ0n) is 77.7. The lowest BCUT2D eigenvalue weighted by atomic mass is 10.0. The molecule has 140 heavy (non-hydrogen) atoms. The van der Waals surface area contributed by atoms with Crippen molar-refractivity contribution in [1.82, 2.24) is 35.1 Å². The second kappa shape index (κ2) is 51.1. The highest BCUT2D eigenvalue weighted by molar-refractivity contribution is 8.15. The fourth-order valence-electron chi connectivity index (χ4n) is 15.0. The minimum absolute atomic E-state index is 0.0246. The van der Waals surface area contributed by atoms with Crippen LogP contribution in [0.1, 0.15) is 150 Å². The van der Waals surface area contributed by atoms with Gasteiger partial charge in [0.2, 0.25) is 5.91 Å². The number of ketones is 2. The second-order valence-electron chi connectivity index (χ2n) is 34.0. The highest BCUT2D eigenvalue weighted by atomic mass is 35.5. The van der Waals surface area contributed by atoms with Gasteiger partial charge >= 0.3 is 36.1 Å². The summed E-state index contributed by atoms with van der Waals surface area (Å²) in [5.41, 5.74) is 26.0. The topological polar surface area (TPSA) is 478 Å². The van der Waals surface area contributed by atoms with E-state index < -0.39 is 60.3 Å². The predicted molar refractivity (Wildman–Crippen MR) is 555 cm³/mol. The monoisotopic (exact) mass is 2050 g/mol. The predicted octanol–water partition coefficient (Wildman–Crippen LogP) is 17.6. The number of carbonyl (C=O) groups excluding carboxylic acids is 5. The number of benzene rings is 8. The number of thiazole rings is 4. The third-order valence-electron chi connectivity index (χ3n) is 23.2. The summed E-state index contributed by atoms with van der Waals surface area (Å²) >= 11 is 16.6. The van der Waals surface area contributed by atoms with Crippen molar-refractivity contribution in [3.8, 4) is 17.2 Å². The number of Topliss-reactive ketones (excluding diaryl/α,β-unsaturated/α-hetero) is 2. The quantitative estimate of drug-likeness (QED) is 0.00978. The van der Waals surface area contributed by atoms with Crippen LogP contribution >= 0.6 is 92.2 Å². The average molecular weight is 2050 g/mol. The zero-order valence-corrected chi connectivity index (χ0v) is 84.1. The van der Waals surface area contributed by atoms with Gasteiger partial charge in [0.05, 0.1) is 62.9 Å². The third-order valence-corrected chi connectivity index (χ3v) is 31.3. The molecule has 32 nitrogen and oxygen atoms in total. The summed E-state index contributed by atoms with van der Waals surface area (Å²) < 4.78 is 32.5. The van der Waals surface area contributed by atoms with Gasteiger partial charge in [0.25, 0.3) is 0 Å². The summed E-state index contributed by atoms with van der Waals surface area (Å²) in [5, 5.41) is 47.5. The van der Waals surface area contributed by atoms with Crippen molar-refractivity contribution in [2.45, 2.75) is 158 Å². The number of anilines is 1. The molecular weight excluding hydrogens is 1950 g/mol. The van der Waals surface area contributed by atoms with Crippen LogP contribution < -0.4 is 42.0 Å². The number of nitrogens with one attached hydrogen (secondary N) is 2. The van der Waals surface area contributed by atoms with Crippen LogP contribution in [-0.2, 0) is 69.1 Å². The van der Waals surface area contributed by atoms with Crippen molar-refractivity contribution < 1.29 is 87.3 Å². The van der Waals surface area contributed by atoms with E-state index in [1.54, 1.807) is 59.9 Å². The molecule has 0 saturated heterocycles. The average Bonchev–Trinajstić information content (AvgIpc) is 1.67. The molecule has 736 valence electrons. The Hall–Kier alpha value is -11.7. The summed E-state index contributed by atoms with van der Waals surface area (Å²) in [6, 6.07) is 52.5. The Labute approximate surface area is 842 Å². The molecule has 1 saturated carbocycles. The van der Waals surface area contributed by atoms with Gasteiger partial charge in [-0.15, -0.1) is 80.6 Å². The Balaban J connectivity index is 0.000000160. The molecule has 4 aliphatic rings. The molecule has 16 rings (SSSR count). The van der Waals surface area contributed by atoms with Crippen molar-refractivity contribution in [3.63, 3.8) is 0 Å². The van der Waals surface area contributed by atoms with E-state index in [1.165, 1.54) is 69.3 Å². The van der Waals surface area contributed by atoms with Crippen LogP contribution in [0, 0.1) is 5.92 Å². The van der Waals surface area contributed by atoms with Crippen LogP contribution in [0.2, 0.25) is 5.02 Å². The highest BCUT2D eigenvalue weighted by Gasteiger charge is 2.35. The van der Waals surface area contributed by atoms with Gasteiger partial charge in [-0.2, -0.15) is 0 Å². The molecule has 7 heterocycles. The lowest BCUT2D eigenvalue weighted by Crippen LogP contribution is -2.41. The number of hydrogen-bond acceptors (Lipinski definition) is 33. The molecule has 8 aromatic carbocycles. The van der Waals surface area contributed by atoms with E-state index in [-0.39, 0.29) is 66.8 Å². The maximum atomic E-state index is 12.5. The maximum Gasteiger partial charge on any atom is 0.514 e. The Bertz CT molecular complexity index is 6480. The molecule has 40 heteroatoms. The minimum Gasteiger partial charge on any atom is -0.484 e. The van der Waals surface area contributed by atoms with Gasteiger partial charge in [-0.25, -0.2) is 43.9 Å². The Kier molecular flexibility index (Phi) is 38.6. The molecule has 12 aromatic rings. The summed E-state index contributed by atoms with van der Waals surface area (Å²) in [5.74, 6) is -0.625. The number of fused-ring (bicyclic) bond motifs is 4. The van der Waals surface area contributed by atoms with E-state index in [0.29, 0.717) is 148 Å². The number of nitrogens with zero attached hydrogens (tertiary/aromatic N) is 9. The number of rotatable bonds is 40. The number of carboxylic acids is 4. The number of hydrogen-bond donors (Lipinski definition) is 9. The van der Waals surface area contributed by atoms with Gasteiger partial charge < -0.3 is 76.4 Å². The number of ether oxygens (including phenoxy) is 5. The first-order chi connectivity index (χ1) is 67.4. The summed E-state index contributed by atoms with van der Waals surface area (Å²) in [6.45, 7) is 5.85. The van der Waals surface area contributed by atoms with Crippen LogP contribution in [0.4, 0.5) is 15.3 Å². The third kappa shape index (κ3) is 30.0. The molecule has 1 fully saturated rings. The number of aromatic nitrogens is 4.